The molecule has 10 heteroatoms. The number of carbonyl (C=O) groups excluding carboxylic acids is 2. The zero-order chi connectivity index (χ0) is 22.5. The van der Waals surface area contributed by atoms with Gasteiger partial charge in [-0.25, -0.2) is 4.98 Å². The molecule has 0 aliphatic heterocycles. The Labute approximate surface area is 177 Å². The lowest BCUT2D eigenvalue weighted by Gasteiger charge is -2.11. The summed E-state index contributed by atoms with van der Waals surface area (Å²) < 4.78 is 1.20. The molecule has 1 aromatic heterocycles. The third-order valence-corrected chi connectivity index (χ3v) is 4.61. The van der Waals surface area contributed by atoms with E-state index in [0.29, 0.717) is 12.1 Å². The fourth-order valence-corrected chi connectivity index (χ4v) is 2.89. The molecule has 1 atom stereocenters. The quantitative estimate of drug-likeness (QED) is 0.299. The van der Waals surface area contributed by atoms with Gasteiger partial charge in [-0.05, 0) is 42.3 Å². The third kappa shape index (κ3) is 5.31. The number of hydrogen-bond acceptors (Lipinski definition) is 8. The topological polar surface area (TPSA) is 171 Å². The van der Waals surface area contributed by atoms with Gasteiger partial charge in [-0.3, -0.25) is 14.2 Å². The number of rotatable bonds is 7. The monoisotopic (exact) mass is 426 g/mol. The molecule has 0 bridgehead atoms. The third-order valence-electron chi connectivity index (χ3n) is 4.61. The SMILES string of the molecule is N[C@@H](Cc1cn(C(=O)c2ccc(O)c(O)c2)cn1)C(=O)NCCc1ccc(O)c(O)c1. The van der Waals surface area contributed by atoms with Crippen LogP contribution in [0.4, 0.5) is 0 Å². The summed E-state index contributed by atoms with van der Waals surface area (Å²) in [5, 5.41) is 40.4. The van der Waals surface area contributed by atoms with Crippen LogP contribution in [0.3, 0.4) is 0 Å². The fourth-order valence-electron chi connectivity index (χ4n) is 2.89. The van der Waals surface area contributed by atoms with Crippen LogP contribution in [-0.2, 0) is 17.6 Å². The Morgan fingerprint density at radius 1 is 1.00 bits per heavy atom. The Kier molecular flexibility index (Phi) is 6.41. The highest BCUT2D eigenvalue weighted by Crippen LogP contribution is 2.26. The number of nitrogens with one attached hydrogen (secondary N) is 1. The molecule has 0 saturated heterocycles. The molecule has 10 nitrogen and oxygen atoms in total. The minimum atomic E-state index is -0.885. The Bertz CT molecular complexity index is 1110. The van der Waals surface area contributed by atoms with Crippen molar-refractivity contribution in [3.63, 3.8) is 0 Å². The van der Waals surface area contributed by atoms with Crippen molar-refractivity contribution >= 4 is 11.8 Å². The van der Waals surface area contributed by atoms with Gasteiger partial charge in [0.2, 0.25) is 5.91 Å². The number of phenolic OH excluding ortho intramolecular Hbond substituents is 4. The Morgan fingerprint density at radius 2 is 1.68 bits per heavy atom. The summed E-state index contributed by atoms with van der Waals surface area (Å²) in [6, 6.07) is 7.26. The summed E-state index contributed by atoms with van der Waals surface area (Å²) in [5.74, 6) is -2.05. The van der Waals surface area contributed by atoms with E-state index in [-0.39, 0.29) is 35.8 Å². The van der Waals surface area contributed by atoms with Gasteiger partial charge in [0, 0.05) is 24.7 Å². The average Bonchev–Trinajstić information content (AvgIpc) is 3.20. The maximum Gasteiger partial charge on any atom is 0.263 e. The Morgan fingerprint density at radius 3 is 2.35 bits per heavy atom. The van der Waals surface area contributed by atoms with Gasteiger partial charge >= 0.3 is 0 Å². The largest absolute Gasteiger partial charge is 0.504 e. The summed E-state index contributed by atoms with van der Waals surface area (Å²) >= 11 is 0. The van der Waals surface area contributed by atoms with Crippen LogP contribution in [0.5, 0.6) is 23.0 Å². The number of imidazole rings is 1. The summed E-state index contributed by atoms with van der Waals surface area (Å²) in [4.78, 5) is 28.8. The number of amides is 1. The van der Waals surface area contributed by atoms with Crippen LogP contribution in [0.15, 0.2) is 48.9 Å². The molecule has 0 aliphatic carbocycles. The lowest BCUT2D eigenvalue weighted by atomic mass is 10.1. The number of carbonyl (C=O) groups is 2. The second-order valence-corrected chi connectivity index (χ2v) is 6.96. The van der Waals surface area contributed by atoms with Crippen molar-refractivity contribution in [3.8, 4) is 23.0 Å². The first-order valence-electron chi connectivity index (χ1n) is 9.38. The van der Waals surface area contributed by atoms with E-state index in [1.807, 2.05) is 0 Å². The van der Waals surface area contributed by atoms with E-state index in [2.05, 4.69) is 10.3 Å². The molecule has 3 aromatic rings. The molecule has 1 amide bonds. The maximum absolute atomic E-state index is 12.5. The van der Waals surface area contributed by atoms with Crippen molar-refractivity contribution in [2.24, 2.45) is 5.73 Å². The van der Waals surface area contributed by atoms with Crippen molar-refractivity contribution in [2.75, 3.05) is 6.54 Å². The maximum atomic E-state index is 12.5. The average molecular weight is 426 g/mol. The molecule has 0 saturated carbocycles. The summed E-state index contributed by atoms with van der Waals surface area (Å²) in [6.07, 6.45) is 3.27. The van der Waals surface area contributed by atoms with Gasteiger partial charge in [-0.15, -0.1) is 0 Å². The van der Waals surface area contributed by atoms with E-state index >= 15 is 0 Å². The summed E-state index contributed by atoms with van der Waals surface area (Å²) in [6.45, 7) is 0.286. The van der Waals surface area contributed by atoms with Gasteiger partial charge in [0.1, 0.15) is 6.33 Å². The molecular weight excluding hydrogens is 404 g/mol. The molecule has 2 aromatic carbocycles. The second-order valence-electron chi connectivity index (χ2n) is 6.96. The van der Waals surface area contributed by atoms with Crippen LogP contribution in [0.1, 0.15) is 21.6 Å². The van der Waals surface area contributed by atoms with Crippen LogP contribution < -0.4 is 11.1 Å². The molecule has 3 rings (SSSR count). The van der Waals surface area contributed by atoms with Crippen molar-refractivity contribution < 1.29 is 30.0 Å². The van der Waals surface area contributed by atoms with E-state index < -0.39 is 23.6 Å². The number of nitrogens with zero attached hydrogens (tertiary/aromatic N) is 2. The molecule has 1 heterocycles. The van der Waals surface area contributed by atoms with Crippen molar-refractivity contribution in [1.82, 2.24) is 14.9 Å². The number of benzene rings is 2. The standard InChI is InChI=1S/C21H22N4O6/c22-15(20(30)23-6-5-12-1-3-16(26)18(28)7-12)9-14-10-25(11-24-14)21(31)13-2-4-17(27)19(29)8-13/h1-4,7-8,10-11,15,26-29H,5-6,9,22H2,(H,23,30)/t15-/m0/s1. The predicted molar refractivity (Wildman–Crippen MR) is 110 cm³/mol. The van der Waals surface area contributed by atoms with Crippen LogP contribution in [-0.4, -0.2) is 54.4 Å². The molecule has 7 N–H and O–H groups in total. The van der Waals surface area contributed by atoms with E-state index in [1.165, 1.54) is 41.4 Å². The number of aromatic nitrogens is 2. The molecule has 162 valence electrons. The van der Waals surface area contributed by atoms with Crippen molar-refractivity contribution in [3.05, 3.63) is 65.7 Å². The second kappa shape index (κ2) is 9.18. The molecule has 0 fully saturated rings. The van der Waals surface area contributed by atoms with Gasteiger partial charge in [-0.2, -0.15) is 0 Å². The van der Waals surface area contributed by atoms with E-state index in [1.54, 1.807) is 6.07 Å². The smallest absolute Gasteiger partial charge is 0.263 e. The highest BCUT2D eigenvalue weighted by molar-refractivity contribution is 5.96. The highest BCUT2D eigenvalue weighted by Gasteiger charge is 2.17. The zero-order valence-corrected chi connectivity index (χ0v) is 16.4. The van der Waals surface area contributed by atoms with Crippen LogP contribution in [0.25, 0.3) is 0 Å². The molecule has 0 radical (unpaired) electrons. The van der Waals surface area contributed by atoms with Gasteiger partial charge in [0.15, 0.2) is 23.0 Å². The van der Waals surface area contributed by atoms with E-state index in [4.69, 9.17) is 5.73 Å². The fraction of sp³-hybridized carbons (Fsp3) is 0.190. The normalized spacial score (nSPS) is 11.8. The number of hydrogen-bond donors (Lipinski definition) is 6. The number of nitrogens with two attached hydrogens (primary N) is 1. The Balaban J connectivity index is 1.53. The van der Waals surface area contributed by atoms with Gasteiger partial charge in [0.25, 0.3) is 5.91 Å². The first-order chi connectivity index (χ1) is 14.7. The molecule has 31 heavy (non-hydrogen) atoms. The number of aromatic hydroxyl groups is 4. The molecule has 0 unspecified atom stereocenters. The van der Waals surface area contributed by atoms with Crippen LogP contribution >= 0.6 is 0 Å². The van der Waals surface area contributed by atoms with Crippen LogP contribution in [0.2, 0.25) is 0 Å². The minimum Gasteiger partial charge on any atom is -0.504 e. The summed E-state index contributed by atoms with van der Waals surface area (Å²) in [5.41, 5.74) is 7.25. The molecule has 0 spiro atoms. The Hall–Kier alpha value is -4.05. The van der Waals surface area contributed by atoms with Crippen molar-refractivity contribution in [1.29, 1.82) is 0 Å². The van der Waals surface area contributed by atoms with E-state index in [0.717, 1.165) is 11.6 Å². The minimum absolute atomic E-state index is 0.104. The lowest BCUT2D eigenvalue weighted by molar-refractivity contribution is -0.122. The lowest BCUT2D eigenvalue weighted by Crippen LogP contribution is -2.42. The highest BCUT2D eigenvalue weighted by atomic mass is 16.3. The summed E-state index contributed by atoms with van der Waals surface area (Å²) in [7, 11) is 0. The van der Waals surface area contributed by atoms with Gasteiger partial charge in [-0.1, -0.05) is 6.07 Å². The zero-order valence-electron chi connectivity index (χ0n) is 16.4. The molecule has 0 aliphatic rings. The number of phenols is 4. The van der Waals surface area contributed by atoms with Gasteiger partial charge in [0.05, 0.1) is 11.7 Å². The molecular formula is C21H22N4O6. The van der Waals surface area contributed by atoms with Crippen molar-refractivity contribution in [2.45, 2.75) is 18.9 Å². The first kappa shape index (κ1) is 21.7. The van der Waals surface area contributed by atoms with Gasteiger partial charge < -0.3 is 31.5 Å². The van der Waals surface area contributed by atoms with Crippen LogP contribution in [0, 0.1) is 0 Å². The predicted octanol–water partition coefficient (Wildman–Crippen LogP) is 0.623. The first-order valence-corrected chi connectivity index (χ1v) is 9.38. The van der Waals surface area contributed by atoms with E-state index in [9.17, 15) is 30.0 Å².